The SMILES string of the molecule is FC(F)C1C[N]CCO1. The smallest absolute Gasteiger partial charge is 0.265 e. The fourth-order valence-corrected chi connectivity index (χ4v) is 0.692. The van der Waals surface area contributed by atoms with Crippen molar-refractivity contribution < 1.29 is 13.5 Å². The van der Waals surface area contributed by atoms with Crippen LogP contribution in [0.4, 0.5) is 8.78 Å². The molecule has 0 aromatic rings. The summed E-state index contributed by atoms with van der Waals surface area (Å²) in [5, 5.41) is 3.77. The number of ether oxygens (including phenoxy) is 1. The second kappa shape index (κ2) is 3.08. The molecule has 0 saturated carbocycles. The molecular weight excluding hydrogens is 128 g/mol. The molecule has 0 N–H and O–H groups in total. The Morgan fingerprint density at radius 2 is 2.33 bits per heavy atom. The van der Waals surface area contributed by atoms with Gasteiger partial charge in [-0.05, 0) is 0 Å². The highest BCUT2D eigenvalue weighted by atomic mass is 19.3. The van der Waals surface area contributed by atoms with E-state index in [9.17, 15) is 8.78 Å². The zero-order chi connectivity index (χ0) is 6.69. The van der Waals surface area contributed by atoms with Crippen molar-refractivity contribution in [2.75, 3.05) is 19.7 Å². The van der Waals surface area contributed by atoms with Gasteiger partial charge < -0.3 is 4.74 Å². The Morgan fingerprint density at radius 3 is 2.67 bits per heavy atom. The van der Waals surface area contributed by atoms with Crippen molar-refractivity contribution in [1.29, 1.82) is 0 Å². The molecule has 1 fully saturated rings. The van der Waals surface area contributed by atoms with Crippen LogP contribution in [0.25, 0.3) is 0 Å². The van der Waals surface area contributed by atoms with Crippen LogP contribution in [0, 0.1) is 0 Å². The van der Waals surface area contributed by atoms with Gasteiger partial charge in [0.15, 0.2) is 0 Å². The van der Waals surface area contributed by atoms with Crippen molar-refractivity contribution in [3.8, 4) is 0 Å². The second-order valence-corrected chi connectivity index (χ2v) is 1.87. The van der Waals surface area contributed by atoms with Crippen LogP contribution >= 0.6 is 0 Å². The predicted molar refractivity (Wildman–Crippen MR) is 27.6 cm³/mol. The monoisotopic (exact) mass is 136 g/mol. The molecule has 1 radical (unpaired) electrons. The molecule has 1 saturated heterocycles. The van der Waals surface area contributed by atoms with Crippen LogP contribution in [0.2, 0.25) is 0 Å². The number of morpholine rings is 1. The van der Waals surface area contributed by atoms with Crippen LogP contribution in [0.5, 0.6) is 0 Å². The molecule has 1 heterocycles. The summed E-state index contributed by atoms with van der Waals surface area (Å²) in [7, 11) is 0. The number of alkyl halides is 2. The first-order chi connectivity index (χ1) is 4.30. The molecule has 1 atom stereocenters. The summed E-state index contributed by atoms with van der Waals surface area (Å²) in [6.45, 7) is 1.05. The summed E-state index contributed by atoms with van der Waals surface area (Å²) in [4.78, 5) is 0. The lowest BCUT2D eigenvalue weighted by Gasteiger charge is -2.20. The number of hydrogen-bond donors (Lipinski definition) is 0. The first kappa shape index (κ1) is 6.89. The van der Waals surface area contributed by atoms with Crippen LogP contribution in [0.3, 0.4) is 0 Å². The van der Waals surface area contributed by atoms with Crippen molar-refractivity contribution in [2.24, 2.45) is 0 Å². The first-order valence-electron chi connectivity index (χ1n) is 2.83. The minimum absolute atomic E-state index is 0.150. The molecule has 1 rings (SSSR count). The fourth-order valence-electron chi connectivity index (χ4n) is 0.692. The average Bonchev–Trinajstić information content (AvgIpc) is 1.90. The lowest BCUT2D eigenvalue weighted by Crippen LogP contribution is -2.38. The van der Waals surface area contributed by atoms with E-state index in [-0.39, 0.29) is 6.54 Å². The van der Waals surface area contributed by atoms with E-state index in [1.807, 2.05) is 0 Å². The Balaban J connectivity index is 2.23. The van der Waals surface area contributed by atoms with Gasteiger partial charge in [0.1, 0.15) is 6.10 Å². The van der Waals surface area contributed by atoms with Crippen molar-refractivity contribution in [2.45, 2.75) is 12.5 Å². The van der Waals surface area contributed by atoms with E-state index in [2.05, 4.69) is 5.32 Å². The van der Waals surface area contributed by atoms with Gasteiger partial charge in [-0.2, -0.15) is 0 Å². The van der Waals surface area contributed by atoms with Crippen molar-refractivity contribution in [3.63, 3.8) is 0 Å². The standard InChI is InChI=1S/C5H8F2NO/c6-5(7)4-3-8-1-2-9-4/h4-5H,1-3H2. The maximum atomic E-state index is 11.7. The maximum absolute atomic E-state index is 11.7. The van der Waals surface area contributed by atoms with E-state index in [1.165, 1.54) is 0 Å². The molecule has 0 bridgehead atoms. The molecule has 9 heavy (non-hydrogen) atoms. The van der Waals surface area contributed by atoms with Gasteiger partial charge >= 0.3 is 0 Å². The van der Waals surface area contributed by atoms with Gasteiger partial charge in [0.2, 0.25) is 0 Å². The van der Waals surface area contributed by atoms with Crippen LogP contribution in [-0.4, -0.2) is 32.2 Å². The van der Waals surface area contributed by atoms with Crippen LogP contribution in [-0.2, 0) is 4.74 Å². The normalized spacial score (nSPS) is 29.0. The summed E-state index contributed by atoms with van der Waals surface area (Å²) < 4.78 is 28.2. The highest BCUT2D eigenvalue weighted by Crippen LogP contribution is 2.07. The van der Waals surface area contributed by atoms with Gasteiger partial charge in [0.05, 0.1) is 6.61 Å². The zero-order valence-corrected chi connectivity index (χ0v) is 4.89. The molecular formula is C5H8F2NO. The lowest BCUT2D eigenvalue weighted by molar-refractivity contribution is -0.0696. The van der Waals surface area contributed by atoms with Crippen molar-refractivity contribution in [3.05, 3.63) is 0 Å². The summed E-state index contributed by atoms with van der Waals surface area (Å²) in [6, 6.07) is 0. The molecule has 53 valence electrons. The molecule has 0 aromatic heterocycles. The van der Waals surface area contributed by atoms with Crippen molar-refractivity contribution >= 4 is 0 Å². The molecule has 1 aliphatic heterocycles. The summed E-state index contributed by atoms with van der Waals surface area (Å²) in [5.74, 6) is 0. The van der Waals surface area contributed by atoms with E-state index in [1.54, 1.807) is 0 Å². The summed E-state index contributed by atoms with van der Waals surface area (Å²) in [6.07, 6.45) is -3.33. The minimum Gasteiger partial charge on any atom is -0.369 e. The van der Waals surface area contributed by atoms with Gasteiger partial charge in [-0.25, -0.2) is 14.1 Å². The maximum Gasteiger partial charge on any atom is 0.265 e. The quantitative estimate of drug-likeness (QED) is 0.507. The van der Waals surface area contributed by atoms with E-state index >= 15 is 0 Å². The third kappa shape index (κ3) is 1.87. The molecule has 2 nitrogen and oxygen atoms in total. The molecule has 1 unspecified atom stereocenters. The molecule has 0 aromatic carbocycles. The number of halogens is 2. The molecule has 4 heteroatoms. The zero-order valence-electron chi connectivity index (χ0n) is 4.89. The minimum atomic E-state index is -2.38. The third-order valence-electron chi connectivity index (χ3n) is 1.17. The van der Waals surface area contributed by atoms with Crippen LogP contribution < -0.4 is 5.32 Å². The summed E-state index contributed by atoms with van der Waals surface area (Å²) >= 11 is 0. The second-order valence-electron chi connectivity index (χ2n) is 1.87. The summed E-state index contributed by atoms with van der Waals surface area (Å²) in [5.41, 5.74) is 0. The van der Waals surface area contributed by atoms with Gasteiger partial charge in [0.25, 0.3) is 6.43 Å². The van der Waals surface area contributed by atoms with E-state index in [0.29, 0.717) is 13.2 Å². The number of nitrogens with zero attached hydrogens (tertiary/aromatic N) is 1. The molecule has 0 aliphatic carbocycles. The largest absolute Gasteiger partial charge is 0.369 e. The van der Waals surface area contributed by atoms with E-state index < -0.39 is 12.5 Å². The van der Waals surface area contributed by atoms with Gasteiger partial charge in [0, 0.05) is 13.1 Å². The van der Waals surface area contributed by atoms with Crippen molar-refractivity contribution in [1.82, 2.24) is 5.32 Å². The Kier molecular flexibility index (Phi) is 2.36. The Labute approximate surface area is 52.2 Å². The van der Waals surface area contributed by atoms with Gasteiger partial charge in [-0.1, -0.05) is 0 Å². The molecule has 0 spiro atoms. The Hall–Kier alpha value is -0.220. The average molecular weight is 136 g/mol. The lowest BCUT2D eigenvalue weighted by atomic mass is 10.3. The highest BCUT2D eigenvalue weighted by molar-refractivity contribution is 4.67. The van der Waals surface area contributed by atoms with Gasteiger partial charge in [-0.15, -0.1) is 0 Å². The molecule has 1 aliphatic rings. The van der Waals surface area contributed by atoms with Gasteiger partial charge in [-0.3, -0.25) is 0 Å². The van der Waals surface area contributed by atoms with E-state index in [4.69, 9.17) is 4.74 Å². The fraction of sp³-hybridized carbons (Fsp3) is 1.00. The highest BCUT2D eigenvalue weighted by Gasteiger charge is 2.23. The first-order valence-corrected chi connectivity index (χ1v) is 2.83. The van der Waals surface area contributed by atoms with Crippen LogP contribution in [0.15, 0.2) is 0 Å². The Morgan fingerprint density at radius 1 is 1.56 bits per heavy atom. The number of hydrogen-bond acceptors (Lipinski definition) is 1. The van der Waals surface area contributed by atoms with E-state index in [0.717, 1.165) is 0 Å². The Bertz CT molecular complexity index is 83.0. The third-order valence-corrected chi connectivity index (χ3v) is 1.17. The van der Waals surface area contributed by atoms with Crippen LogP contribution in [0.1, 0.15) is 0 Å². The predicted octanol–water partition coefficient (Wildman–Crippen LogP) is 0.255. The topological polar surface area (TPSA) is 23.3 Å². The number of rotatable bonds is 1. The molecule has 0 amide bonds.